The number of rotatable bonds is 6. The lowest BCUT2D eigenvalue weighted by atomic mass is 9.82. The Kier molecular flexibility index (Phi) is 4.91. The molecule has 3 nitrogen and oxygen atoms in total. The van der Waals surface area contributed by atoms with Gasteiger partial charge in [-0.15, -0.1) is 0 Å². The molecule has 1 aromatic rings. The highest BCUT2D eigenvalue weighted by Crippen LogP contribution is 2.31. The minimum absolute atomic E-state index is 0.0169. The second-order valence-electron chi connectivity index (χ2n) is 5.14. The first-order chi connectivity index (χ1) is 9.22. The van der Waals surface area contributed by atoms with Crippen molar-refractivity contribution >= 4 is 11.6 Å². The first-order valence-corrected chi connectivity index (χ1v) is 6.97. The van der Waals surface area contributed by atoms with Gasteiger partial charge < -0.3 is 10.6 Å². The lowest BCUT2D eigenvalue weighted by molar-refractivity contribution is -0.120. The van der Waals surface area contributed by atoms with Crippen molar-refractivity contribution in [3.63, 3.8) is 0 Å². The number of carbonyl (C=O) groups excluding carboxylic acids is 1. The second-order valence-corrected chi connectivity index (χ2v) is 5.14. The van der Waals surface area contributed by atoms with Crippen molar-refractivity contribution in [3.8, 4) is 0 Å². The molecule has 0 aliphatic heterocycles. The van der Waals surface area contributed by atoms with Gasteiger partial charge in [0.1, 0.15) is 5.82 Å². The fraction of sp³-hybridized carbons (Fsp3) is 0.533. The largest absolute Gasteiger partial charge is 0.330 e. The van der Waals surface area contributed by atoms with E-state index in [0.29, 0.717) is 37.5 Å². The average Bonchev–Trinajstić information content (AvgIpc) is 2.36. The van der Waals surface area contributed by atoms with Gasteiger partial charge in [-0.1, -0.05) is 18.6 Å². The van der Waals surface area contributed by atoms with Gasteiger partial charge >= 0.3 is 0 Å². The molecule has 1 fully saturated rings. The minimum Gasteiger partial charge on any atom is -0.330 e. The zero-order valence-corrected chi connectivity index (χ0v) is 11.1. The van der Waals surface area contributed by atoms with Crippen LogP contribution in [0.25, 0.3) is 0 Å². The number of nitrogens with two attached hydrogens (primary N) is 1. The highest BCUT2D eigenvalue weighted by molar-refractivity contribution is 5.93. The highest BCUT2D eigenvalue weighted by Gasteiger charge is 2.25. The predicted octanol–water partition coefficient (Wildman–Crippen LogP) is 2.70. The van der Waals surface area contributed by atoms with Gasteiger partial charge in [0.15, 0.2) is 0 Å². The van der Waals surface area contributed by atoms with Gasteiger partial charge in [0, 0.05) is 13.0 Å². The number of hydrogen-bond acceptors (Lipinski definition) is 2. The molecule has 0 spiro atoms. The number of amides is 1. The number of hydrogen-bond donors (Lipinski definition) is 1. The summed E-state index contributed by atoms with van der Waals surface area (Å²) in [7, 11) is 0. The van der Waals surface area contributed by atoms with Crippen LogP contribution in [0.1, 0.15) is 32.1 Å². The number of halogens is 1. The number of benzene rings is 1. The van der Waals surface area contributed by atoms with Crippen LogP contribution in [0.4, 0.5) is 10.1 Å². The van der Waals surface area contributed by atoms with Crippen molar-refractivity contribution in [2.45, 2.75) is 32.1 Å². The van der Waals surface area contributed by atoms with E-state index in [9.17, 15) is 9.18 Å². The Morgan fingerprint density at radius 2 is 2.11 bits per heavy atom. The first kappa shape index (κ1) is 14.0. The summed E-state index contributed by atoms with van der Waals surface area (Å²) in [5.41, 5.74) is 5.88. The second kappa shape index (κ2) is 6.66. The molecule has 19 heavy (non-hydrogen) atoms. The van der Waals surface area contributed by atoms with Crippen molar-refractivity contribution in [1.82, 2.24) is 0 Å². The molecule has 0 unspecified atom stereocenters. The van der Waals surface area contributed by atoms with Gasteiger partial charge in [0.25, 0.3) is 0 Å². The molecule has 4 heteroatoms. The van der Waals surface area contributed by atoms with Crippen LogP contribution in [0.15, 0.2) is 24.3 Å². The summed E-state index contributed by atoms with van der Waals surface area (Å²) in [4.78, 5) is 13.9. The molecule has 2 N–H and O–H groups in total. The van der Waals surface area contributed by atoms with Crippen LogP contribution >= 0.6 is 0 Å². The van der Waals surface area contributed by atoms with E-state index in [1.165, 1.54) is 12.5 Å². The molecule has 104 valence electrons. The molecule has 0 saturated heterocycles. The lowest BCUT2D eigenvalue weighted by Gasteiger charge is -2.29. The molecule has 0 bridgehead atoms. The molecule has 1 amide bonds. The predicted molar refractivity (Wildman–Crippen MR) is 74.4 cm³/mol. The molecule has 1 saturated carbocycles. The fourth-order valence-corrected chi connectivity index (χ4v) is 2.35. The normalized spacial score (nSPS) is 15.1. The van der Waals surface area contributed by atoms with Crippen molar-refractivity contribution in [2.75, 3.05) is 18.0 Å². The van der Waals surface area contributed by atoms with E-state index in [2.05, 4.69) is 0 Å². The zero-order valence-electron chi connectivity index (χ0n) is 11.1. The number of para-hydroxylation sites is 1. The Morgan fingerprint density at radius 3 is 2.68 bits per heavy atom. The number of nitrogens with zero attached hydrogens (tertiary/aromatic N) is 1. The standard InChI is InChI=1S/C15H21FN2O/c16-13-7-1-2-8-14(13)18(10-4-9-17)15(19)11-12-5-3-6-12/h1-2,7-8,12H,3-6,9-11,17H2. The van der Waals surface area contributed by atoms with E-state index in [1.54, 1.807) is 23.1 Å². The Balaban J connectivity index is 2.10. The van der Waals surface area contributed by atoms with Crippen LogP contribution < -0.4 is 10.6 Å². The summed E-state index contributed by atoms with van der Waals surface area (Å²) in [5.74, 6) is 0.157. The fourth-order valence-electron chi connectivity index (χ4n) is 2.35. The Labute approximate surface area is 113 Å². The maximum Gasteiger partial charge on any atom is 0.227 e. The monoisotopic (exact) mass is 264 g/mol. The summed E-state index contributed by atoms with van der Waals surface area (Å²) in [6, 6.07) is 6.44. The summed E-state index contributed by atoms with van der Waals surface area (Å²) in [6.07, 6.45) is 4.66. The molecule has 2 rings (SSSR count). The maximum atomic E-state index is 13.8. The minimum atomic E-state index is -0.346. The van der Waals surface area contributed by atoms with Crippen molar-refractivity contribution in [1.29, 1.82) is 0 Å². The summed E-state index contributed by atoms with van der Waals surface area (Å²) >= 11 is 0. The van der Waals surface area contributed by atoms with E-state index in [0.717, 1.165) is 12.8 Å². The van der Waals surface area contributed by atoms with Gasteiger partial charge in [-0.05, 0) is 43.9 Å². The van der Waals surface area contributed by atoms with Gasteiger partial charge in [0.2, 0.25) is 5.91 Å². The average molecular weight is 264 g/mol. The van der Waals surface area contributed by atoms with Crippen LogP contribution in [0.2, 0.25) is 0 Å². The Hall–Kier alpha value is -1.42. The summed E-state index contributed by atoms with van der Waals surface area (Å²) < 4.78 is 13.8. The number of carbonyl (C=O) groups is 1. The van der Waals surface area contributed by atoms with E-state index >= 15 is 0 Å². The maximum absolute atomic E-state index is 13.8. The van der Waals surface area contributed by atoms with Gasteiger partial charge in [-0.2, -0.15) is 0 Å². The van der Waals surface area contributed by atoms with Crippen molar-refractivity contribution < 1.29 is 9.18 Å². The van der Waals surface area contributed by atoms with E-state index in [-0.39, 0.29) is 11.7 Å². The van der Waals surface area contributed by atoms with Gasteiger partial charge in [0.05, 0.1) is 5.69 Å². The smallest absolute Gasteiger partial charge is 0.227 e. The van der Waals surface area contributed by atoms with E-state index in [4.69, 9.17) is 5.73 Å². The Bertz CT molecular complexity index is 432. The summed E-state index contributed by atoms with van der Waals surface area (Å²) in [5, 5.41) is 0. The van der Waals surface area contributed by atoms with Crippen molar-refractivity contribution in [2.24, 2.45) is 11.7 Å². The number of anilines is 1. The summed E-state index contributed by atoms with van der Waals surface area (Å²) in [6.45, 7) is 0.991. The molecular weight excluding hydrogens is 243 g/mol. The van der Waals surface area contributed by atoms with Crippen molar-refractivity contribution in [3.05, 3.63) is 30.1 Å². The van der Waals surface area contributed by atoms with E-state index < -0.39 is 0 Å². The van der Waals surface area contributed by atoms with Crippen LogP contribution in [0.5, 0.6) is 0 Å². The molecule has 0 aromatic heterocycles. The SMILES string of the molecule is NCCCN(C(=O)CC1CCC1)c1ccccc1F. The molecule has 1 aliphatic carbocycles. The zero-order chi connectivity index (χ0) is 13.7. The van der Waals surface area contributed by atoms with Crippen LogP contribution in [-0.2, 0) is 4.79 Å². The molecular formula is C15H21FN2O. The van der Waals surface area contributed by atoms with Crippen LogP contribution in [0, 0.1) is 11.7 Å². The van der Waals surface area contributed by atoms with Gasteiger partial charge in [-0.3, -0.25) is 4.79 Å². The Morgan fingerprint density at radius 1 is 1.37 bits per heavy atom. The topological polar surface area (TPSA) is 46.3 Å². The third-order valence-corrected chi connectivity index (χ3v) is 3.72. The third kappa shape index (κ3) is 3.53. The van der Waals surface area contributed by atoms with Crippen LogP contribution in [-0.4, -0.2) is 19.0 Å². The highest BCUT2D eigenvalue weighted by atomic mass is 19.1. The van der Waals surface area contributed by atoms with E-state index in [1.807, 2.05) is 0 Å². The molecule has 0 heterocycles. The first-order valence-electron chi connectivity index (χ1n) is 6.97. The molecule has 1 aliphatic rings. The third-order valence-electron chi connectivity index (χ3n) is 3.72. The molecule has 1 aromatic carbocycles. The molecule has 0 radical (unpaired) electrons. The van der Waals surface area contributed by atoms with Crippen LogP contribution in [0.3, 0.4) is 0 Å². The molecule has 0 atom stereocenters. The lowest BCUT2D eigenvalue weighted by Crippen LogP contribution is -2.35. The van der Waals surface area contributed by atoms with Gasteiger partial charge in [-0.25, -0.2) is 4.39 Å². The quantitative estimate of drug-likeness (QED) is 0.858.